The van der Waals surface area contributed by atoms with Gasteiger partial charge in [0.25, 0.3) is 5.91 Å². The number of aromatic nitrogens is 2. The molecular weight excluding hydrogens is 359 g/mol. The first kappa shape index (κ1) is 18.4. The minimum atomic E-state index is -0.319. The molecule has 0 bridgehead atoms. The monoisotopic (exact) mass is 378 g/mol. The molecular formula is C17H19FN4O3S. The van der Waals surface area contributed by atoms with Crippen molar-refractivity contribution in [2.45, 2.75) is 24.6 Å². The first-order chi connectivity index (χ1) is 12.6. The van der Waals surface area contributed by atoms with Crippen LogP contribution in [0.1, 0.15) is 16.8 Å². The first-order valence-electron chi connectivity index (χ1n) is 8.03. The molecule has 0 radical (unpaired) electrons. The summed E-state index contributed by atoms with van der Waals surface area (Å²) in [6.45, 7) is 0.215. The number of anilines is 1. The highest BCUT2D eigenvalue weighted by Gasteiger charge is 2.24. The van der Waals surface area contributed by atoms with E-state index in [0.717, 1.165) is 28.3 Å². The standard InChI is InChI=1S/C17H19FN4O3S/c1-25-8-16(24)20-17-13-9-26-10-14(13)21-22(17)7-15(23)19-6-11-2-4-12(18)5-3-11/h2-5H,6-10H2,1H3,(H,19,23)(H,20,24). The molecule has 0 spiro atoms. The number of rotatable bonds is 7. The molecule has 0 aliphatic carbocycles. The second kappa shape index (κ2) is 8.33. The van der Waals surface area contributed by atoms with Gasteiger partial charge in [0.1, 0.15) is 24.8 Å². The van der Waals surface area contributed by atoms with Crippen molar-refractivity contribution in [3.63, 3.8) is 0 Å². The lowest BCUT2D eigenvalue weighted by molar-refractivity contribution is -0.122. The lowest BCUT2D eigenvalue weighted by atomic mass is 10.2. The molecule has 26 heavy (non-hydrogen) atoms. The van der Waals surface area contributed by atoms with Crippen LogP contribution < -0.4 is 10.6 Å². The van der Waals surface area contributed by atoms with Crippen LogP contribution in [0.15, 0.2) is 24.3 Å². The van der Waals surface area contributed by atoms with Gasteiger partial charge in [-0.1, -0.05) is 12.1 Å². The van der Waals surface area contributed by atoms with Crippen LogP contribution in [-0.2, 0) is 38.9 Å². The van der Waals surface area contributed by atoms with Gasteiger partial charge in [-0.2, -0.15) is 16.9 Å². The Balaban J connectivity index is 1.65. The Labute approximate surface area is 154 Å². The minimum Gasteiger partial charge on any atom is -0.375 e. The Morgan fingerprint density at radius 2 is 2.04 bits per heavy atom. The van der Waals surface area contributed by atoms with Gasteiger partial charge in [-0.05, 0) is 17.7 Å². The number of carbonyl (C=O) groups is 2. The third kappa shape index (κ3) is 4.41. The number of fused-ring (bicyclic) bond motifs is 1. The van der Waals surface area contributed by atoms with Crippen molar-refractivity contribution in [3.05, 3.63) is 46.9 Å². The summed E-state index contributed by atoms with van der Waals surface area (Å²) in [7, 11) is 1.44. The molecule has 1 aliphatic rings. The number of halogens is 1. The number of methoxy groups -OCH3 is 1. The van der Waals surface area contributed by atoms with Crippen molar-refractivity contribution < 1.29 is 18.7 Å². The second-order valence-corrected chi connectivity index (χ2v) is 6.79. The summed E-state index contributed by atoms with van der Waals surface area (Å²) in [5.74, 6) is 1.19. The first-order valence-corrected chi connectivity index (χ1v) is 9.18. The number of nitrogens with zero attached hydrogens (tertiary/aromatic N) is 2. The molecule has 0 atom stereocenters. The fourth-order valence-electron chi connectivity index (χ4n) is 2.61. The average Bonchev–Trinajstić information content (AvgIpc) is 3.18. The molecule has 3 rings (SSSR count). The highest BCUT2D eigenvalue weighted by Crippen LogP contribution is 2.34. The molecule has 1 aromatic heterocycles. The maximum Gasteiger partial charge on any atom is 0.251 e. The smallest absolute Gasteiger partial charge is 0.251 e. The molecule has 0 saturated heterocycles. The van der Waals surface area contributed by atoms with Gasteiger partial charge >= 0.3 is 0 Å². The molecule has 2 heterocycles. The number of hydrogen-bond acceptors (Lipinski definition) is 5. The molecule has 138 valence electrons. The zero-order valence-electron chi connectivity index (χ0n) is 14.3. The van der Waals surface area contributed by atoms with E-state index < -0.39 is 0 Å². The maximum absolute atomic E-state index is 12.9. The van der Waals surface area contributed by atoms with Crippen LogP contribution in [0.5, 0.6) is 0 Å². The van der Waals surface area contributed by atoms with E-state index in [1.54, 1.807) is 23.9 Å². The zero-order chi connectivity index (χ0) is 18.5. The molecule has 0 fully saturated rings. The van der Waals surface area contributed by atoms with Gasteiger partial charge in [-0.15, -0.1) is 0 Å². The van der Waals surface area contributed by atoms with Gasteiger partial charge < -0.3 is 15.4 Å². The number of nitrogens with one attached hydrogen (secondary N) is 2. The summed E-state index contributed by atoms with van der Waals surface area (Å²) in [5, 5.41) is 9.99. The van der Waals surface area contributed by atoms with Crippen LogP contribution >= 0.6 is 11.8 Å². The number of ether oxygens (including phenoxy) is 1. The molecule has 9 heteroatoms. The van der Waals surface area contributed by atoms with Crippen molar-refractivity contribution >= 4 is 29.4 Å². The average molecular weight is 378 g/mol. The topological polar surface area (TPSA) is 85.2 Å². The van der Waals surface area contributed by atoms with Gasteiger partial charge in [-0.25, -0.2) is 9.07 Å². The molecule has 1 aromatic carbocycles. The quantitative estimate of drug-likeness (QED) is 0.766. The number of carbonyl (C=O) groups excluding carboxylic acids is 2. The van der Waals surface area contributed by atoms with Crippen LogP contribution in [0, 0.1) is 5.82 Å². The maximum atomic E-state index is 12.9. The van der Waals surface area contributed by atoms with Gasteiger partial charge in [0.05, 0.1) is 5.69 Å². The highest BCUT2D eigenvalue weighted by molar-refractivity contribution is 7.98. The summed E-state index contributed by atoms with van der Waals surface area (Å²) in [5.41, 5.74) is 2.63. The number of hydrogen-bond donors (Lipinski definition) is 2. The Morgan fingerprint density at radius 1 is 1.27 bits per heavy atom. The van der Waals surface area contributed by atoms with E-state index in [4.69, 9.17) is 4.74 Å². The summed E-state index contributed by atoms with van der Waals surface area (Å²) in [6.07, 6.45) is 0. The number of thioether (sulfide) groups is 1. The van der Waals surface area contributed by atoms with Crippen LogP contribution in [0.4, 0.5) is 10.2 Å². The predicted octanol–water partition coefficient (Wildman–Crippen LogP) is 1.67. The van der Waals surface area contributed by atoms with Crippen molar-refractivity contribution in [3.8, 4) is 0 Å². The van der Waals surface area contributed by atoms with E-state index in [0.29, 0.717) is 12.4 Å². The molecule has 7 nitrogen and oxygen atoms in total. The number of amides is 2. The Kier molecular flexibility index (Phi) is 5.89. The van der Waals surface area contributed by atoms with Crippen LogP contribution in [-0.4, -0.2) is 35.3 Å². The lowest BCUT2D eigenvalue weighted by Gasteiger charge is -2.11. The SMILES string of the molecule is COCC(=O)Nc1c2c(nn1CC(=O)NCc1ccc(F)cc1)CSC2. The van der Waals surface area contributed by atoms with E-state index in [-0.39, 0.29) is 30.8 Å². The second-order valence-electron chi connectivity index (χ2n) is 5.81. The fourth-order valence-corrected chi connectivity index (χ4v) is 3.65. The van der Waals surface area contributed by atoms with Gasteiger partial charge in [0.2, 0.25) is 5.91 Å². The van der Waals surface area contributed by atoms with Crippen molar-refractivity contribution in [1.82, 2.24) is 15.1 Å². The van der Waals surface area contributed by atoms with E-state index in [1.807, 2.05) is 0 Å². The van der Waals surface area contributed by atoms with Crippen molar-refractivity contribution in [1.29, 1.82) is 0 Å². The van der Waals surface area contributed by atoms with E-state index in [2.05, 4.69) is 15.7 Å². The third-order valence-electron chi connectivity index (χ3n) is 3.85. The summed E-state index contributed by atoms with van der Waals surface area (Å²) >= 11 is 1.71. The third-order valence-corrected chi connectivity index (χ3v) is 4.82. The van der Waals surface area contributed by atoms with Crippen molar-refractivity contribution in [2.24, 2.45) is 0 Å². The van der Waals surface area contributed by atoms with Crippen molar-refractivity contribution in [2.75, 3.05) is 19.0 Å². The molecule has 2 amide bonds. The van der Waals surface area contributed by atoms with E-state index in [1.165, 1.54) is 23.9 Å². The summed E-state index contributed by atoms with van der Waals surface area (Å²) in [6, 6.07) is 5.93. The normalized spacial score (nSPS) is 12.7. The Hall–Kier alpha value is -2.39. The fraction of sp³-hybridized carbons (Fsp3) is 0.353. The summed E-state index contributed by atoms with van der Waals surface area (Å²) in [4.78, 5) is 24.1. The molecule has 0 unspecified atom stereocenters. The van der Waals surface area contributed by atoms with Gasteiger partial charge in [0, 0.05) is 30.7 Å². The Morgan fingerprint density at radius 3 is 2.77 bits per heavy atom. The zero-order valence-corrected chi connectivity index (χ0v) is 15.1. The van der Waals surface area contributed by atoms with E-state index in [9.17, 15) is 14.0 Å². The largest absolute Gasteiger partial charge is 0.375 e. The lowest BCUT2D eigenvalue weighted by Crippen LogP contribution is -2.29. The minimum absolute atomic E-state index is 0.0124. The van der Waals surface area contributed by atoms with Crippen LogP contribution in [0.3, 0.4) is 0 Å². The highest BCUT2D eigenvalue weighted by atomic mass is 32.2. The van der Waals surface area contributed by atoms with Gasteiger partial charge in [0.15, 0.2) is 0 Å². The molecule has 0 saturated carbocycles. The predicted molar refractivity (Wildman–Crippen MR) is 96.0 cm³/mol. The molecule has 1 aliphatic heterocycles. The van der Waals surface area contributed by atoms with Gasteiger partial charge in [-0.3, -0.25) is 9.59 Å². The number of benzene rings is 1. The summed E-state index contributed by atoms with van der Waals surface area (Å²) < 4.78 is 19.3. The van der Waals surface area contributed by atoms with E-state index >= 15 is 0 Å². The molecule has 2 N–H and O–H groups in total. The van der Waals surface area contributed by atoms with Crippen LogP contribution in [0.25, 0.3) is 0 Å². The Bertz CT molecular complexity index is 807. The van der Waals surface area contributed by atoms with Crippen LogP contribution in [0.2, 0.25) is 0 Å². The molecule has 2 aromatic rings.